The zero-order valence-electron chi connectivity index (χ0n) is 7.94. The van der Waals surface area contributed by atoms with Crippen LogP contribution >= 0.6 is 22.7 Å². The van der Waals surface area contributed by atoms with Crippen LogP contribution in [0.25, 0.3) is 21.1 Å². The smallest absolute Gasteiger partial charge is 0.0560 e. The number of hydrogen-bond donors (Lipinski definition) is 1. The highest BCUT2D eigenvalue weighted by atomic mass is 32.1. The summed E-state index contributed by atoms with van der Waals surface area (Å²) in [6.45, 7) is 0. The van der Waals surface area contributed by atoms with Gasteiger partial charge in [0.2, 0.25) is 0 Å². The summed E-state index contributed by atoms with van der Waals surface area (Å²) in [4.78, 5) is 6.02. The molecule has 3 heterocycles. The van der Waals surface area contributed by atoms with Gasteiger partial charge in [0.25, 0.3) is 0 Å². The first kappa shape index (κ1) is 8.95. The summed E-state index contributed by atoms with van der Waals surface area (Å²) in [6.07, 6.45) is 0. The molecule has 0 saturated heterocycles. The SMILES string of the molecule is c1csc(-c2ccc(-c3cccs3)[nH]2)c1. The maximum absolute atomic E-state index is 3.44. The van der Waals surface area contributed by atoms with Gasteiger partial charge in [0.15, 0.2) is 0 Å². The number of H-pyrrole nitrogens is 1. The number of thiophene rings is 2. The summed E-state index contributed by atoms with van der Waals surface area (Å²) in [5.41, 5.74) is 2.40. The Balaban J connectivity index is 2.02. The summed E-state index contributed by atoms with van der Waals surface area (Å²) < 4.78 is 0. The Bertz CT molecular complexity index is 483. The second kappa shape index (κ2) is 3.68. The fourth-order valence-electron chi connectivity index (χ4n) is 1.55. The van der Waals surface area contributed by atoms with Crippen LogP contribution in [-0.4, -0.2) is 4.98 Å². The Hall–Kier alpha value is -1.32. The van der Waals surface area contributed by atoms with E-state index in [1.807, 2.05) is 0 Å². The number of rotatable bonds is 2. The van der Waals surface area contributed by atoms with Crippen molar-refractivity contribution in [2.75, 3.05) is 0 Å². The average Bonchev–Trinajstić information content (AvgIpc) is 3.02. The molecule has 0 aliphatic rings. The molecule has 0 spiro atoms. The van der Waals surface area contributed by atoms with E-state index in [4.69, 9.17) is 0 Å². The maximum Gasteiger partial charge on any atom is 0.0560 e. The number of aromatic amines is 1. The summed E-state index contributed by atoms with van der Waals surface area (Å²) in [7, 11) is 0. The minimum absolute atomic E-state index is 1.20. The first-order chi connectivity index (χ1) is 7.43. The molecule has 0 aromatic carbocycles. The van der Waals surface area contributed by atoms with E-state index < -0.39 is 0 Å². The van der Waals surface area contributed by atoms with E-state index in [-0.39, 0.29) is 0 Å². The topological polar surface area (TPSA) is 15.8 Å². The van der Waals surface area contributed by atoms with Crippen LogP contribution in [0.3, 0.4) is 0 Å². The molecule has 1 nitrogen and oxygen atoms in total. The zero-order valence-corrected chi connectivity index (χ0v) is 9.57. The highest BCUT2D eigenvalue weighted by Gasteiger charge is 2.04. The normalized spacial score (nSPS) is 10.7. The van der Waals surface area contributed by atoms with Gasteiger partial charge in [0.05, 0.1) is 21.1 Å². The van der Waals surface area contributed by atoms with Crippen molar-refractivity contribution in [2.24, 2.45) is 0 Å². The molecule has 0 radical (unpaired) electrons. The first-order valence-electron chi connectivity index (χ1n) is 4.70. The molecule has 0 fully saturated rings. The minimum Gasteiger partial charge on any atom is -0.353 e. The van der Waals surface area contributed by atoms with Crippen LogP contribution in [0.5, 0.6) is 0 Å². The number of aromatic nitrogens is 1. The molecular weight excluding hydrogens is 222 g/mol. The molecular formula is C12H9NS2. The molecule has 15 heavy (non-hydrogen) atoms. The number of hydrogen-bond acceptors (Lipinski definition) is 2. The van der Waals surface area contributed by atoms with Crippen molar-refractivity contribution in [1.29, 1.82) is 0 Å². The Morgan fingerprint density at radius 1 is 0.733 bits per heavy atom. The van der Waals surface area contributed by atoms with E-state index in [1.165, 1.54) is 21.1 Å². The van der Waals surface area contributed by atoms with E-state index in [2.05, 4.69) is 52.1 Å². The van der Waals surface area contributed by atoms with Gasteiger partial charge in [-0.15, -0.1) is 22.7 Å². The van der Waals surface area contributed by atoms with Crippen LogP contribution in [0.15, 0.2) is 47.2 Å². The van der Waals surface area contributed by atoms with Gasteiger partial charge < -0.3 is 4.98 Å². The third-order valence-corrected chi connectivity index (χ3v) is 4.07. The van der Waals surface area contributed by atoms with E-state index in [0.717, 1.165) is 0 Å². The fourth-order valence-corrected chi connectivity index (χ4v) is 2.96. The summed E-state index contributed by atoms with van der Waals surface area (Å²) in [5.74, 6) is 0. The lowest BCUT2D eigenvalue weighted by molar-refractivity contribution is 1.43. The monoisotopic (exact) mass is 231 g/mol. The van der Waals surface area contributed by atoms with E-state index in [1.54, 1.807) is 22.7 Å². The predicted molar refractivity (Wildman–Crippen MR) is 67.4 cm³/mol. The first-order valence-corrected chi connectivity index (χ1v) is 6.46. The lowest BCUT2D eigenvalue weighted by atomic mass is 10.3. The molecule has 0 bridgehead atoms. The Labute approximate surface area is 96.0 Å². The van der Waals surface area contributed by atoms with Crippen LogP contribution in [0.1, 0.15) is 0 Å². The second-order valence-corrected chi connectivity index (χ2v) is 5.14. The van der Waals surface area contributed by atoms with Gasteiger partial charge in [-0.25, -0.2) is 0 Å². The quantitative estimate of drug-likeness (QED) is 0.669. The summed E-state index contributed by atoms with van der Waals surface area (Å²) in [6, 6.07) is 12.7. The van der Waals surface area contributed by atoms with Gasteiger partial charge in [0, 0.05) is 0 Å². The van der Waals surface area contributed by atoms with Gasteiger partial charge in [-0.3, -0.25) is 0 Å². The standard InChI is InChI=1S/C12H9NS2/c1-3-11(14-7-1)9-5-6-10(13-9)12-4-2-8-15-12/h1-8,13H. The Morgan fingerprint density at radius 2 is 1.27 bits per heavy atom. The van der Waals surface area contributed by atoms with E-state index in [9.17, 15) is 0 Å². The van der Waals surface area contributed by atoms with Gasteiger partial charge in [-0.2, -0.15) is 0 Å². The third-order valence-electron chi connectivity index (χ3n) is 2.26. The largest absolute Gasteiger partial charge is 0.353 e. The fraction of sp³-hybridized carbons (Fsp3) is 0. The van der Waals surface area contributed by atoms with Gasteiger partial charge in [-0.05, 0) is 35.0 Å². The molecule has 3 heteroatoms. The molecule has 3 aromatic rings. The molecule has 0 aliphatic heterocycles. The molecule has 0 aliphatic carbocycles. The van der Waals surface area contributed by atoms with Crippen molar-refractivity contribution >= 4 is 22.7 Å². The van der Waals surface area contributed by atoms with Crippen LogP contribution in [0, 0.1) is 0 Å². The highest BCUT2D eigenvalue weighted by molar-refractivity contribution is 7.13. The van der Waals surface area contributed by atoms with E-state index in [0.29, 0.717) is 0 Å². The van der Waals surface area contributed by atoms with Crippen molar-refractivity contribution in [3.63, 3.8) is 0 Å². The van der Waals surface area contributed by atoms with Gasteiger partial charge >= 0.3 is 0 Å². The lowest BCUT2D eigenvalue weighted by Gasteiger charge is -1.92. The van der Waals surface area contributed by atoms with Crippen molar-refractivity contribution < 1.29 is 0 Å². The molecule has 0 unspecified atom stereocenters. The van der Waals surface area contributed by atoms with Gasteiger partial charge in [-0.1, -0.05) is 12.1 Å². The van der Waals surface area contributed by atoms with Crippen LogP contribution in [0.2, 0.25) is 0 Å². The molecule has 3 rings (SSSR count). The van der Waals surface area contributed by atoms with Crippen molar-refractivity contribution in [3.8, 4) is 21.1 Å². The molecule has 0 saturated carbocycles. The Kier molecular flexibility index (Phi) is 2.19. The molecule has 1 N–H and O–H groups in total. The van der Waals surface area contributed by atoms with Gasteiger partial charge in [0.1, 0.15) is 0 Å². The number of nitrogens with one attached hydrogen (secondary N) is 1. The van der Waals surface area contributed by atoms with Crippen molar-refractivity contribution in [3.05, 3.63) is 47.2 Å². The summed E-state index contributed by atoms with van der Waals surface area (Å²) >= 11 is 3.52. The van der Waals surface area contributed by atoms with Crippen molar-refractivity contribution in [1.82, 2.24) is 4.98 Å². The Morgan fingerprint density at radius 3 is 1.67 bits per heavy atom. The molecule has 0 amide bonds. The minimum atomic E-state index is 1.20. The van der Waals surface area contributed by atoms with Crippen LogP contribution in [0.4, 0.5) is 0 Å². The van der Waals surface area contributed by atoms with Crippen LogP contribution in [-0.2, 0) is 0 Å². The zero-order chi connectivity index (χ0) is 10.1. The second-order valence-electron chi connectivity index (χ2n) is 3.24. The van der Waals surface area contributed by atoms with Crippen molar-refractivity contribution in [2.45, 2.75) is 0 Å². The molecule has 74 valence electrons. The highest BCUT2D eigenvalue weighted by Crippen LogP contribution is 2.29. The molecule has 0 atom stereocenters. The molecule has 3 aromatic heterocycles. The maximum atomic E-state index is 3.44. The lowest BCUT2D eigenvalue weighted by Crippen LogP contribution is -1.72. The average molecular weight is 231 g/mol. The van der Waals surface area contributed by atoms with E-state index >= 15 is 0 Å². The predicted octanol–water partition coefficient (Wildman–Crippen LogP) is 4.47. The third kappa shape index (κ3) is 1.64. The summed E-state index contributed by atoms with van der Waals surface area (Å²) in [5, 5.41) is 4.20. The van der Waals surface area contributed by atoms with Crippen LogP contribution < -0.4 is 0 Å².